The van der Waals surface area contributed by atoms with Gasteiger partial charge < -0.3 is 4.74 Å². The summed E-state index contributed by atoms with van der Waals surface area (Å²) in [5.41, 5.74) is 0.412. The molecule has 18 heavy (non-hydrogen) atoms. The summed E-state index contributed by atoms with van der Waals surface area (Å²) in [5.74, 6) is -0.472. The van der Waals surface area contributed by atoms with Crippen molar-refractivity contribution in [3.05, 3.63) is 36.9 Å². The second-order valence-electron chi connectivity index (χ2n) is 3.32. The predicted octanol–water partition coefficient (Wildman–Crippen LogP) is 2.18. The van der Waals surface area contributed by atoms with Crippen molar-refractivity contribution in [3.63, 3.8) is 0 Å². The van der Waals surface area contributed by atoms with E-state index in [9.17, 15) is 14.9 Å². The lowest BCUT2D eigenvalue weighted by Gasteiger charge is -2.06. The van der Waals surface area contributed by atoms with Gasteiger partial charge in [-0.3, -0.25) is 14.9 Å². The van der Waals surface area contributed by atoms with Gasteiger partial charge in [-0.15, -0.1) is 0 Å². The predicted molar refractivity (Wildman–Crippen MR) is 70.9 cm³/mol. The Kier molecular flexibility index (Phi) is 5.03. The number of carbonyl (C=O) groups excluding carboxylic acids is 1. The molecule has 0 aliphatic heterocycles. The molecule has 6 nitrogen and oxygen atoms in total. The molecule has 0 amide bonds. The van der Waals surface area contributed by atoms with Crippen molar-refractivity contribution in [3.8, 4) is 6.07 Å². The van der Waals surface area contributed by atoms with Gasteiger partial charge in [-0.25, -0.2) is 0 Å². The number of hydrogen-bond acceptors (Lipinski definition) is 5. The maximum absolute atomic E-state index is 11.4. The van der Waals surface area contributed by atoms with Crippen molar-refractivity contribution in [2.45, 2.75) is 13.3 Å². The molecule has 94 valence electrons. The fourth-order valence-corrected chi connectivity index (χ4v) is 1.97. The van der Waals surface area contributed by atoms with Crippen LogP contribution in [0.2, 0.25) is 0 Å². The van der Waals surface area contributed by atoms with E-state index in [1.165, 1.54) is 12.1 Å². The first-order valence-electron chi connectivity index (χ1n) is 5.02. The Bertz CT molecular complexity index is 537. The van der Waals surface area contributed by atoms with Gasteiger partial charge >= 0.3 is 5.97 Å². The Hall–Kier alpha value is -1.69. The summed E-state index contributed by atoms with van der Waals surface area (Å²) in [6, 6.07) is 4.35. The molecule has 1 aromatic rings. The topological polar surface area (TPSA) is 93.2 Å². The number of esters is 1. The van der Waals surface area contributed by atoms with Gasteiger partial charge in [-0.2, -0.15) is 5.26 Å². The van der Waals surface area contributed by atoms with Crippen LogP contribution in [0, 0.1) is 25.0 Å². The third-order valence-corrected chi connectivity index (χ3v) is 3.38. The van der Waals surface area contributed by atoms with Crippen molar-refractivity contribution >= 4 is 34.2 Å². The highest BCUT2D eigenvalue weighted by atomic mass is 127. The van der Waals surface area contributed by atoms with Gasteiger partial charge in [0.25, 0.3) is 5.69 Å². The fraction of sp³-hybridized carbons (Fsp3) is 0.273. The number of nitriles is 1. The highest BCUT2D eigenvalue weighted by molar-refractivity contribution is 14.1. The lowest BCUT2D eigenvalue weighted by atomic mass is 10.1. The van der Waals surface area contributed by atoms with Crippen LogP contribution in [0.15, 0.2) is 12.1 Å². The van der Waals surface area contributed by atoms with E-state index in [0.29, 0.717) is 9.13 Å². The molecule has 0 spiro atoms. The van der Waals surface area contributed by atoms with Gasteiger partial charge in [0.2, 0.25) is 0 Å². The van der Waals surface area contributed by atoms with Crippen LogP contribution in [0.4, 0.5) is 5.69 Å². The molecule has 0 unspecified atom stereocenters. The number of carbonyl (C=O) groups is 1. The lowest BCUT2D eigenvalue weighted by Crippen LogP contribution is -2.09. The van der Waals surface area contributed by atoms with Crippen molar-refractivity contribution < 1.29 is 14.5 Å². The molecule has 7 heteroatoms. The van der Waals surface area contributed by atoms with Crippen LogP contribution in [-0.2, 0) is 16.0 Å². The third kappa shape index (κ3) is 3.40. The minimum Gasteiger partial charge on any atom is -0.466 e. The second-order valence-corrected chi connectivity index (χ2v) is 4.40. The molecular formula is C11H9IN2O4. The zero-order chi connectivity index (χ0) is 13.7. The molecule has 1 rings (SSSR count). The molecule has 0 bridgehead atoms. The van der Waals surface area contributed by atoms with E-state index in [1.807, 2.05) is 28.7 Å². The number of halogens is 1. The Labute approximate surface area is 117 Å². The molecule has 0 saturated heterocycles. The van der Waals surface area contributed by atoms with Gasteiger partial charge in [-0.1, -0.05) is 0 Å². The molecule has 1 aromatic carbocycles. The number of hydrogen-bond donors (Lipinski definition) is 0. The number of nitrogens with zero attached hydrogens (tertiary/aromatic N) is 2. The van der Waals surface area contributed by atoms with E-state index in [4.69, 9.17) is 10.00 Å². The molecular weight excluding hydrogens is 351 g/mol. The maximum Gasteiger partial charge on any atom is 0.310 e. The summed E-state index contributed by atoms with van der Waals surface area (Å²) in [6.45, 7) is 1.92. The van der Waals surface area contributed by atoms with Crippen LogP contribution in [0.25, 0.3) is 0 Å². The van der Waals surface area contributed by atoms with Crippen LogP contribution >= 0.6 is 22.6 Å². The Morgan fingerprint density at radius 3 is 2.78 bits per heavy atom. The average Bonchev–Trinajstić information content (AvgIpc) is 2.31. The zero-order valence-corrected chi connectivity index (χ0v) is 11.6. The van der Waals surface area contributed by atoms with Crippen LogP contribution < -0.4 is 0 Å². The van der Waals surface area contributed by atoms with Gasteiger partial charge in [0.1, 0.15) is 6.07 Å². The SMILES string of the molecule is CCOC(=O)Cc1cc([N+](=O)[O-])cc(C#N)c1I. The summed E-state index contributed by atoms with van der Waals surface area (Å²) < 4.78 is 5.32. The summed E-state index contributed by atoms with van der Waals surface area (Å²) in [7, 11) is 0. The van der Waals surface area contributed by atoms with Crippen LogP contribution in [0.5, 0.6) is 0 Å². The number of rotatable bonds is 4. The average molecular weight is 360 g/mol. The molecule has 0 fully saturated rings. The number of nitro groups is 1. The lowest BCUT2D eigenvalue weighted by molar-refractivity contribution is -0.384. The molecule has 0 N–H and O–H groups in total. The third-order valence-electron chi connectivity index (χ3n) is 2.10. The van der Waals surface area contributed by atoms with E-state index < -0.39 is 10.9 Å². The van der Waals surface area contributed by atoms with Gasteiger partial charge in [0, 0.05) is 15.7 Å². The summed E-state index contributed by atoms with van der Waals surface area (Å²) in [5, 5.41) is 19.6. The van der Waals surface area contributed by atoms with Crippen LogP contribution in [-0.4, -0.2) is 17.5 Å². The summed E-state index contributed by atoms with van der Waals surface area (Å²) >= 11 is 1.89. The van der Waals surface area contributed by atoms with Crippen molar-refractivity contribution in [2.24, 2.45) is 0 Å². The van der Waals surface area contributed by atoms with Crippen molar-refractivity contribution in [2.75, 3.05) is 6.61 Å². The van der Waals surface area contributed by atoms with Crippen LogP contribution in [0.1, 0.15) is 18.1 Å². The molecule has 0 atom stereocenters. The highest BCUT2D eigenvalue weighted by Gasteiger charge is 2.17. The molecule has 0 heterocycles. The van der Waals surface area contributed by atoms with Gasteiger partial charge in [0.05, 0.1) is 23.5 Å². The zero-order valence-electron chi connectivity index (χ0n) is 9.47. The Balaban J connectivity index is 3.18. The van der Waals surface area contributed by atoms with Gasteiger partial charge in [-0.05, 0) is 35.1 Å². The molecule has 0 radical (unpaired) electrons. The van der Waals surface area contributed by atoms with E-state index in [0.717, 1.165) is 0 Å². The molecule has 0 saturated carbocycles. The van der Waals surface area contributed by atoms with Gasteiger partial charge in [0.15, 0.2) is 0 Å². The molecule has 0 aliphatic carbocycles. The number of non-ortho nitro benzene ring substituents is 1. The first kappa shape index (κ1) is 14.4. The molecule has 0 aliphatic rings. The van der Waals surface area contributed by atoms with E-state index in [1.54, 1.807) is 6.92 Å². The minimum atomic E-state index is -0.592. The van der Waals surface area contributed by atoms with E-state index >= 15 is 0 Å². The fourth-order valence-electron chi connectivity index (χ4n) is 1.35. The quantitative estimate of drug-likeness (QED) is 0.355. The summed E-state index contributed by atoms with van der Waals surface area (Å²) in [6.07, 6.45) is -0.0809. The number of benzene rings is 1. The smallest absolute Gasteiger partial charge is 0.310 e. The van der Waals surface area contributed by atoms with E-state index in [2.05, 4.69) is 0 Å². The highest BCUT2D eigenvalue weighted by Crippen LogP contribution is 2.24. The number of nitro benzene ring substituents is 1. The Morgan fingerprint density at radius 2 is 2.28 bits per heavy atom. The van der Waals surface area contributed by atoms with Crippen LogP contribution in [0.3, 0.4) is 0 Å². The number of ether oxygens (including phenoxy) is 1. The monoisotopic (exact) mass is 360 g/mol. The standard InChI is InChI=1S/C11H9IN2O4/c1-2-18-10(15)5-7-3-9(14(16)17)4-8(6-13)11(7)12/h3-4H,2,5H2,1H3. The first-order valence-corrected chi connectivity index (χ1v) is 6.10. The first-order chi connectivity index (χ1) is 8.49. The molecule has 0 aromatic heterocycles. The van der Waals surface area contributed by atoms with Crippen molar-refractivity contribution in [1.82, 2.24) is 0 Å². The normalized spacial score (nSPS) is 9.61. The maximum atomic E-state index is 11.4. The minimum absolute atomic E-state index is 0.0809. The summed E-state index contributed by atoms with van der Waals surface area (Å²) in [4.78, 5) is 21.5. The largest absolute Gasteiger partial charge is 0.466 e. The van der Waals surface area contributed by atoms with Crippen molar-refractivity contribution in [1.29, 1.82) is 5.26 Å². The second kappa shape index (κ2) is 6.30. The Morgan fingerprint density at radius 1 is 1.61 bits per heavy atom. The van der Waals surface area contributed by atoms with E-state index in [-0.39, 0.29) is 24.3 Å².